The van der Waals surface area contributed by atoms with Gasteiger partial charge < -0.3 is 25.7 Å². The van der Waals surface area contributed by atoms with Crippen LogP contribution in [0.4, 0.5) is 11.8 Å². The van der Waals surface area contributed by atoms with E-state index < -0.39 is 5.79 Å². The number of hydrogen-bond donors (Lipinski definition) is 2. The van der Waals surface area contributed by atoms with Gasteiger partial charge in [-0.1, -0.05) is 23.7 Å². The van der Waals surface area contributed by atoms with Crippen molar-refractivity contribution in [2.45, 2.75) is 12.4 Å². The molecule has 2 heterocycles. The van der Waals surface area contributed by atoms with Gasteiger partial charge in [0.05, 0.1) is 24.8 Å². The van der Waals surface area contributed by atoms with E-state index in [0.717, 1.165) is 11.1 Å². The number of ether oxygens (including phenoxy) is 3. The number of alkyl halides is 1. The number of nitrogens with two attached hydrogens (primary N) is 2. The molecule has 9 heteroatoms. The van der Waals surface area contributed by atoms with Gasteiger partial charge in [0, 0.05) is 16.1 Å². The van der Waals surface area contributed by atoms with Gasteiger partial charge in [-0.25, -0.2) is 4.98 Å². The first kappa shape index (κ1) is 20.7. The summed E-state index contributed by atoms with van der Waals surface area (Å²) < 4.78 is 17.3. The molecule has 0 unspecified atom stereocenters. The summed E-state index contributed by atoms with van der Waals surface area (Å²) >= 11 is 12.1. The van der Waals surface area contributed by atoms with Crippen molar-refractivity contribution < 1.29 is 14.2 Å². The fraction of sp³-hybridized carbons (Fsp3) is 0.238. The third kappa shape index (κ3) is 4.15. The molecule has 4 rings (SSSR count). The van der Waals surface area contributed by atoms with E-state index in [2.05, 4.69) is 9.97 Å². The topological polar surface area (TPSA) is 106 Å². The lowest BCUT2D eigenvalue weighted by atomic mass is 10.0. The zero-order valence-corrected chi connectivity index (χ0v) is 17.5. The van der Waals surface area contributed by atoms with Crippen LogP contribution in [-0.4, -0.2) is 29.1 Å². The molecule has 0 amide bonds. The summed E-state index contributed by atoms with van der Waals surface area (Å²) in [4.78, 5) is 8.40. The largest absolute Gasteiger partial charge is 0.487 e. The summed E-state index contributed by atoms with van der Waals surface area (Å²) in [6, 6.07) is 14.6. The minimum absolute atomic E-state index is 0.0822. The first-order valence-electron chi connectivity index (χ1n) is 9.26. The van der Waals surface area contributed by atoms with Crippen molar-refractivity contribution in [2.24, 2.45) is 0 Å². The second-order valence-electron chi connectivity index (χ2n) is 6.69. The maximum atomic E-state index is 6.12. The van der Waals surface area contributed by atoms with Gasteiger partial charge >= 0.3 is 0 Å². The van der Waals surface area contributed by atoms with Crippen LogP contribution in [-0.2, 0) is 21.9 Å². The molecule has 0 bridgehead atoms. The standard InChI is InChI=1S/C21H20Cl2N4O3/c22-12-21(29-9-10-30-21)14-3-7-16(8-4-14)28-11-17-18(19(24)27-20(25)26-17)13-1-5-15(23)6-2-13/h1-8H,9-12H2,(H4,24,25,26,27). The van der Waals surface area contributed by atoms with Gasteiger partial charge in [0.2, 0.25) is 11.7 Å². The Balaban J connectivity index is 1.56. The molecular formula is C21H20Cl2N4O3. The molecule has 0 radical (unpaired) electrons. The highest BCUT2D eigenvalue weighted by molar-refractivity contribution is 6.30. The molecule has 1 aromatic heterocycles. The van der Waals surface area contributed by atoms with Crippen LogP contribution in [0, 0.1) is 0 Å². The number of rotatable bonds is 6. The Labute approximate surface area is 183 Å². The van der Waals surface area contributed by atoms with Gasteiger partial charge in [0.25, 0.3) is 0 Å². The van der Waals surface area contributed by atoms with Crippen LogP contribution < -0.4 is 16.2 Å². The molecule has 0 atom stereocenters. The van der Waals surface area contributed by atoms with E-state index in [1.165, 1.54) is 0 Å². The van der Waals surface area contributed by atoms with E-state index in [0.29, 0.717) is 35.2 Å². The molecule has 2 aromatic carbocycles. The molecule has 156 valence electrons. The molecule has 1 saturated heterocycles. The zero-order chi connectivity index (χ0) is 21.1. The average Bonchev–Trinajstić information content (AvgIpc) is 3.24. The van der Waals surface area contributed by atoms with Gasteiger partial charge in [-0.15, -0.1) is 11.6 Å². The van der Waals surface area contributed by atoms with Crippen LogP contribution >= 0.6 is 23.2 Å². The summed E-state index contributed by atoms with van der Waals surface area (Å²) in [6.07, 6.45) is 0. The Morgan fingerprint density at radius 1 is 0.967 bits per heavy atom. The van der Waals surface area contributed by atoms with Crippen LogP contribution in [0.1, 0.15) is 11.3 Å². The Bertz CT molecular complexity index is 1020. The van der Waals surface area contributed by atoms with Crippen molar-refractivity contribution in [3.05, 3.63) is 64.8 Å². The van der Waals surface area contributed by atoms with E-state index in [1.807, 2.05) is 36.4 Å². The lowest BCUT2D eigenvalue weighted by Gasteiger charge is -2.25. The maximum absolute atomic E-state index is 6.12. The third-order valence-corrected chi connectivity index (χ3v) is 5.37. The van der Waals surface area contributed by atoms with Crippen LogP contribution in [0.5, 0.6) is 5.75 Å². The first-order chi connectivity index (χ1) is 14.5. The highest BCUT2D eigenvalue weighted by Crippen LogP contribution is 2.34. The van der Waals surface area contributed by atoms with Gasteiger partial charge in [0.15, 0.2) is 0 Å². The highest BCUT2D eigenvalue weighted by atomic mass is 35.5. The third-order valence-electron chi connectivity index (χ3n) is 4.76. The molecule has 3 aromatic rings. The summed E-state index contributed by atoms with van der Waals surface area (Å²) in [5, 5.41) is 0.622. The summed E-state index contributed by atoms with van der Waals surface area (Å²) in [5.41, 5.74) is 14.8. The number of hydrogen-bond acceptors (Lipinski definition) is 7. The summed E-state index contributed by atoms with van der Waals surface area (Å²) in [7, 11) is 0. The summed E-state index contributed by atoms with van der Waals surface area (Å²) in [5.74, 6) is 0.297. The predicted molar refractivity (Wildman–Crippen MR) is 116 cm³/mol. The molecular weight excluding hydrogens is 427 g/mol. The van der Waals surface area contributed by atoms with Crippen molar-refractivity contribution in [1.29, 1.82) is 0 Å². The Morgan fingerprint density at radius 2 is 1.63 bits per heavy atom. The Kier molecular flexibility index (Phi) is 5.97. The minimum atomic E-state index is -0.905. The van der Waals surface area contributed by atoms with E-state index >= 15 is 0 Å². The van der Waals surface area contributed by atoms with Crippen LogP contribution in [0.2, 0.25) is 5.02 Å². The normalized spacial score (nSPS) is 15.3. The lowest BCUT2D eigenvalue weighted by Crippen LogP contribution is -2.29. The van der Waals surface area contributed by atoms with Gasteiger partial charge in [-0.3, -0.25) is 0 Å². The van der Waals surface area contributed by atoms with Crippen LogP contribution in [0.15, 0.2) is 48.5 Å². The van der Waals surface area contributed by atoms with Crippen molar-refractivity contribution in [3.8, 4) is 16.9 Å². The number of benzene rings is 2. The van der Waals surface area contributed by atoms with Crippen molar-refractivity contribution >= 4 is 35.0 Å². The van der Waals surface area contributed by atoms with E-state index in [1.54, 1.807) is 12.1 Å². The monoisotopic (exact) mass is 446 g/mol. The SMILES string of the molecule is Nc1nc(N)c(-c2ccc(Cl)cc2)c(COc2ccc(C3(CCl)OCCO3)cc2)n1. The molecule has 1 aliphatic rings. The van der Waals surface area contributed by atoms with Gasteiger partial charge in [0.1, 0.15) is 18.2 Å². The summed E-state index contributed by atoms with van der Waals surface area (Å²) in [6.45, 7) is 1.17. The quantitative estimate of drug-likeness (QED) is 0.551. The fourth-order valence-corrected chi connectivity index (χ4v) is 3.75. The number of nitrogen functional groups attached to an aromatic ring is 2. The fourth-order valence-electron chi connectivity index (χ4n) is 3.31. The molecule has 0 spiro atoms. The zero-order valence-electron chi connectivity index (χ0n) is 16.0. The molecule has 1 fully saturated rings. The van der Waals surface area contributed by atoms with Crippen LogP contribution in [0.25, 0.3) is 11.1 Å². The van der Waals surface area contributed by atoms with Crippen molar-refractivity contribution in [3.63, 3.8) is 0 Å². The van der Waals surface area contributed by atoms with E-state index in [9.17, 15) is 0 Å². The van der Waals surface area contributed by atoms with E-state index in [-0.39, 0.29) is 24.3 Å². The van der Waals surface area contributed by atoms with Crippen LogP contribution in [0.3, 0.4) is 0 Å². The van der Waals surface area contributed by atoms with Crippen molar-refractivity contribution in [1.82, 2.24) is 9.97 Å². The number of nitrogens with zero attached hydrogens (tertiary/aromatic N) is 2. The minimum Gasteiger partial charge on any atom is -0.487 e. The molecule has 30 heavy (non-hydrogen) atoms. The highest BCUT2D eigenvalue weighted by Gasteiger charge is 2.37. The van der Waals surface area contributed by atoms with Crippen molar-refractivity contribution in [2.75, 3.05) is 30.6 Å². The number of aromatic nitrogens is 2. The smallest absolute Gasteiger partial charge is 0.222 e. The van der Waals surface area contributed by atoms with Gasteiger partial charge in [-0.05, 0) is 42.0 Å². The van der Waals surface area contributed by atoms with E-state index in [4.69, 9.17) is 48.9 Å². The second kappa shape index (κ2) is 8.65. The Hall–Kier alpha value is -2.58. The molecule has 1 aliphatic heterocycles. The predicted octanol–water partition coefficient (Wildman–Crippen LogP) is 3.98. The molecule has 0 saturated carbocycles. The van der Waals surface area contributed by atoms with Gasteiger partial charge in [-0.2, -0.15) is 4.98 Å². The lowest BCUT2D eigenvalue weighted by molar-refractivity contribution is -0.146. The second-order valence-corrected chi connectivity index (χ2v) is 7.40. The molecule has 4 N–H and O–H groups in total. The Morgan fingerprint density at radius 3 is 2.27 bits per heavy atom. The maximum Gasteiger partial charge on any atom is 0.222 e. The first-order valence-corrected chi connectivity index (χ1v) is 10.2. The molecule has 0 aliphatic carbocycles. The number of halogens is 2. The average molecular weight is 447 g/mol. The molecule has 7 nitrogen and oxygen atoms in total. The number of anilines is 2.